The number of para-hydroxylation sites is 1. The number of nitrogens with zero attached hydrogens (tertiary/aromatic N) is 2. The SMILES string of the molecule is c1ccc(COc2nc3ccccc3c3[nH]cnc23)cc1. The van der Waals surface area contributed by atoms with Crippen molar-refractivity contribution in [1.29, 1.82) is 0 Å². The minimum atomic E-state index is 0.480. The Bertz CT molecular complexity index is 900. The normalized spacial score (nSPS) is 11.0. The van der Waals surface area contributed by atoms with Crippen LogP contribution in [-0.2, 0) is 6.61 Å². The Kier molecular flexibility index (Phi) is 2.78. The van der Waals surface area contributed by atoms with Crippen LogP contribution in [0.4, 0.5) is 0 Å². The molecule has 2 aromatic heterocycles. The van der Waals surface area contributed by atoms with Crippen molar-refractivity contribution in [1.82, 2.24) is 15.0 Å². The summed E-state index contributed by atoms with van der Waals surface area (Å²) < 4.78 is 5.88. The lowest BCUT2D eigenvalue weighted by atomic mass is 10.2. The molecule has 0 saturated carbocycles. The summed E-state index contributed by atoms with van der Waals surface area (Å²) in [5.41, 5.74) is 3.74. The summed E-state index contributed by atoms with van der Waals surface area (Å²) in [5.74, 6) is 0.564. The average Bonchev–Trinajstić information content (AvgIpc) is 3.04. The summed E-state index contributed by atoms with van der Waals surface area (Å²) in [7, 11) is 0. The van der Waals surface area contributed by atoms with Crippen LogP contribution in [0, 0.1) is 0 Å². The molecule has 2 aromatic carbocycles. The van der Waals surface area contributed by atoms with Gasteiger partial charge in [-0.25, -0.2) is 9.97 Å². The van der Waals surface area contributed by atoms with Crippen LogP contribution in [0.1, 0.15) is 5.56 Å². The molecule has 1 N–H and O–H groups in total. The van der Waals surface area contributed by atoms with E-state index in [2.05, 4.69) is 15.0 Å². The maximum Gasteiger partial charge on any atom is 0.243 e. The van der Waals surface area contributed by atoms with Crippen molar-refractivity contribution < 1.29 is 4.74 Å². The maximum atomic E-state index is 5.88. The molecule has 0 fully saturated rings. The Labute approximate surface area is 121 Å². The number of ether oxygens (including phenoxy) is 1. The van der Waals surface area contributed by atoms with Gasteiger partial charge in [0.25, 0.3) is 0 Å². The molecule has 0 bridgehead atoms. The van der Waals surface area contributed by atoms with Gasteiger partial charge in [0.15, 0.2) is 5.52 Å². The molecule has 4 aromatic rings. The van der Waals surface area contributed by atoms with Gasteiger partial charge in [-0.1, -0.05) is 48.5 Å². The van der Waals surface area contributed by atoms with E-state index in [0.717, 1.165) is 27.5 Å². The van der Waals surface area contributed by atoms with Crippen molar-refractivity contribution in [2.45, 2.75) is 6.61 Å². The van der Waals surface area contributed by atoms with Crippen molar-refractivity contribution in [2.75, 3.05) is 0 Å². The first-order valence-electron chi connectivity index (χ1n) is 6.80. The second-order valence-corrected chi connectivity index (χ2v) is 4.83. The molecule has 4 heteroatoms. The fourth-order valence-electron chi connectivity index (χ4n) is 2.43. The van der Waals surface area contributed by atoms with E-state index in [1.54, 1.807) is 6.33 Å². The zero-order valence-electron chi connectivity index (χ0n) is 11.3. The fourth-order valence-corrected chi connectivity index (χ4v) is 2.43. The van der Waals surface area contributed by atoms with Gasteiger partial charge in [0.05, 0.1) is 17.4 Å². The maximum absolute atomic E-state index is 5.88. The molecule has 0 aliphatic carbocycles. The highest BCUT2D eigenvalue weighted by atomic mass is 16.5. The molecule has 0 radical (unpaired) electrons. The average molecular weight is 275 g/mol. The Morgan fingerprint density at radius 2 is 1.76 bits per heavy atom. The lowest BCUT2D eigenvalue weighted by Gasteiger charge is -2.07. The third-order valence-electron chi connectivity index (χ3n) is 3.46. The van der Waals surface area contributed by atoms with Gasteiger partial charge in [-0.15, -0.1) is 0 Å². The zero-order valence-corrected chi connectivity index (χ0v) is 11.3. The number of nitrogens with one attached hydrogen (secondary N) is 1. The largest absolute Gasteiger partial charge is 0.471 e. The van der Waals surface area contributed by atoms with Gasteiger partial charge in [0.2, 0.25) is 5.88 Å². The zero-order chi connectivity index (χ0) is 14.1. The van der Waals surface area contributed by atoms with Crippen LogP contribution in [0.25, 0.3) is 21.9 Å². The summed E-state index contributed by atoms with van der Waals surface area (Å²) in [6, 6.07) is 18.0. The Hall–Kier alpha value is -2.88. The molecule has 0 spiro atoms. The molecule has 0 unspecified atom stereocenters. The van der Waals surface area contributed by atoms with Gasteiger partial charge in [-0.3, -0.25) is 0 Å². The predicted octanol–water partition coefficient (Wildman–Crippen LogP) is 3.69. The molecule has 0 aliphatic rings. The van der Waals surface area contributed by atoms with E-state index in [9.17, 15) is 0 Å². The third kappa shape index (κ3) is 2.10. The first kappa shape index (κ1) is 11.9. The molecule has 4 rings (SSSR count). The van der Waals surface area contributed by atoms with E-state index >= 15 is 0 Å². The van der Waals surface area contributed by atoms with E-state index in [0.29, 0.717) is 12.5 Å². The number of H-pyrrole nitrogens is 1. The highest BCUT2D eigenvalue weighted by molar-refractivity contribution is 6.03. The number of pyridine rings is 1. The van der Waals surface area contributed by atoms with Gasteiger partial charge >= 0.3 is 0 Å². The summed E-state index contributed by atoms with van der Waals surface area (Å²) in [4.78, 5) is 12.1. The number of imidazole rings is 1. The highest BCUT2D eigenvalue weighted by Crippen LogP contribution is 2.28. The van der Waals surface area contributed by atoms with Crippen LogP contribution >= 0.6 is 0 Å². The van der Waals surface area contributed by atoms with Crippen molar-refractivity contribution >= 4 is 21.9 Å². The van der Waals surface area contributed by atoms with Crippen LogP contribution in [0.3, 0.4) is 0 Å². The third-order valence-corrected chi connectivity index (χ3v) is 3.46. The van der Waals surface area contributed by atoms with E-state index in [1.807, 2.05) is 54.6 Å². The van der Waals surface area contributed by atoms with Crippen LogP contribution < -0.4 is 4.74 Å². The first-order valence-corrected chi connectivity index (χ1v) is 6.80. The molecular weight excluding hydrogens is 262 g/mol. The number of fused-ring (bicyclic) bond motifs is 3. The summed E-state index contributed by atoms with van der Waals surface area (Å²) in [6.45, 7) is 0.480. The molecule has 102 valence electrons. The number of hydrogen-bond donors (Lipinski definition) is 1. The summed E-state index contributed by atoms with van der Waals surface area (Å²) in [6.07, 6.45) is 1.67. The molecule has 21 heavy (non-hydrogen) atoms. The van der Waals surface area contributed by atoms with Gasteiger partial charge in [-0.05, 0) is 11.6 Å². The van der Waals surface area contributed by atoms with E-state index in [1.165, 1.54) is 0 Å². The minimum Gasteiger partial charge on any atom is -0.471 e. The topological polar surface area (TPSA) is 50.8 Å². The summed E-state index contributed by atoms with van der Waals surface area (Å²) in [5, 5.41) is 1.05. The monoisotopic (exact) mass is 275 g/mol. The van der Waals surface area contributed by atoms with Crippen molar-refractivity contribution in [3.05, 3.63) is 66.5 Å². The van der Waals surface area contributed by atoms with Crippen molar-refractivity contribution in [3.8, 4) is 5.88 Å². The van der Waals surface area contributed by atoms with Crippen LogP contribution in [-0.4, -0.2) is 15.0 Å². The van der Waals surface area contributed by atoms with E-state index < -0.39 is 0 Å². The molecule has 2 heterocycles. The van der Waals surface area contributed by atoms with E-state index in [-0.39, 0.29) is 0 Å². The fraction of sp³-hybridized carbons (Fsp3) is 0.0588. The van der Waals surface area contributed by atoms with Gasteiger partial charge < -0.3 is 9.72 Å². The molecule has 0 aliphatic heterocycles. The van der Waals surface area contributed by atoms with Crippen LogP contribution in [0.15, 0.2) is 60.9 Å². The van der Waals surface area contributed by atoms with Crippen LogP contribution in [0.2, 0.25) is 0 Å². The van der Waals surface area contributed by atoms with Gasteiger partial charge in [0, 0.05) is 5.39 Å². The molecule has 0 saturated heterocycles. The van der Waals surface area contributed by atoms with Crippen molar-refractivity contribution in [3.63, 3.8) is 0 Å². The molecular formula is C17H13N3O. The van der Waals surface area contributed by atoms with E-state index in [4.69, 9.17) is 4.74 Å². The highest BCUT2D eigenvalue weighted by Gasteiger charge is 2.11. The number of rotatable bonds is 3. The number of aromatic nitrogens is 3. The lowest BCUT2D eigenvalue weighted by Crippen LogP contribution is -1.98. The Morgan fingerprint density at radius 1 is 0.952 bits per heavy atom. The molecule has 0 amide bonds. The molecule has 4 nitrogen and oxygen atoms in total. The number of benzene rings is 2. The number of hydrogen-bond acceptors (Lipinski definition) is 3. The lowest BCUT2D eigenvalue weighted by molar-refractivity contribution is 0.298. The first-order chi connectivity index (χ1) is 10.4. The van der Waals surface area contributed by atoms with Crippen molar-refractivity contribution in [2.24, 2.45) is 0 Å². The van der Waals surface area contributed by atoms with Gasteiger partial charge in [-0.2, -0.15) is 0 Å². The smallest absolute Gasteiger partial charge is 0.243 e. The standard InChI is InChI=1S/C17H13N3O/c1-2-6-12(7-3-1)10-21-17-16-15(18-11-19-16)13-8-4-5-9-14(13)20-17/h1-9,11H,10H2,(H,18,19). The second kappa shape index (κ2) is 4.90. The van der Waals surface area contributed by atoms with Gasteiger partial charge in [0.1, 0.15) is 6.61 Å². The quantitative estimate of drug-likeness (QED) is 0.620. The Morgan fingerprint density at radius 3 is 2.67 bits per heavy atom. The molecule has 0 atom stereocenters. The second-order valence-electron chi connectivity index (χ2n) is 4.83. The van der Waals surface area contributed by atoms with Crippen LogP contribution in [0.5, 0.6) is 5.88 Å². The Balaban J connectivity index is 1.78. The summed E-state index contributed by atoms with van der Waals surface area (Å²) >= 11 is 0. The minimum absolute atomic E-state index is 0.480. The predicted molar refractivity (Wildman–Crippen MR) is 82.2 cm³/mol. The number of aromatic amines is 1.